The van der Waals surface area contributed by atoms with Crippen LogP contribution in [0.4, 0.5) is 0 Å². The number of aromatic amines is 1. The molecule has 0 saturated heterocycles. The van der Waals surface area contributed by atoms with Gasteiger partial charge in [-0.3, -0.25) is 9.59 Å². The first-order valence-corrected chi connectivity index (χ1v) is 7.87. The lowest BCUT2D eigenvalue weighted by molar-refractivity contribution is -0.130. The van der Waals surface area contributed by atoms with Gasteiger partial charge in [0.15, 0.2) is 0 Å². The molecule has 0 atom stereocenters. The van der Waals surface area contributed by atoms with Gasteiger partial charge in [-0.25, -0.2) is 0 Å². The zero-order chi connectivity index (χ0) is 16.3. The summed E-state index contributed by atoms with van der Waals surface area (Å²) in [5, 5.41) is 1.05. The molecule has 1 N–H and O–H groups in total. The summed E-state index contributed by atoms with van der Waals surface area (Å²) in [6, 6.07) is 6.01. The largest absolute Gasteiger partial charge is 0.343 e. The first-order valence-electron chi connectivity index (χ1n) is 7.87. The highest BCUT2D eigenvalue weighted by Gasteiger charge is 2.12. The Labute approximate surface area is 131 Å². The molecule has 0 aliphatic rings. The Morgan fingerprint density at radius 1 is 1.14 bits per heavy atom. The third kappa shape index (κ3) is 3.38. The predicted octanol–water partition coefficient (Wildman–Crippen LogP) is 2.95. The average molecular weight is 300 g/mol. The first kappa shape index (κ1) is 16.3. The van der Waals surface area contributed by atoms with E-state index < -0.39 is 0 Å². The summed E-state index contributed by atoms with van der Waals surface area (Å²) < 4.78 is 0. The van der Waals surface area contributed by atoms with Gasteiger partial charge in [0.1, 0.15) is 0 Å². The maximum Gasteiger partial charge on any atom is 0.251 e. The van der Waals surface area contributed by atoms with Gasteiger partial charge in [-0.2, -0.15) is 0 Å². The van der Waals surface area contributed by atoms with Crippen molar-refractivity contribution < 1.29 is 4.79 Å². The summed E-state index contributed by atoms with van der Waals surface area (Å²) in [7, 11) is 0. The lowest BCUT2D eigenvalue weighted by Crippen LogP contribution is -2.31. The molecule has 1 aromatic heterocycles. The lowest BCUT2D eigenvalue weighted by atomic mass is 10.0. The number of carbonyl (C=O) groups excluding carboxylic acids is 1. The smallest absolute Gasteiger partial charge is 0.251 e. The van der Waals surface area contributed by atoms with E-state index in [4.69, 9.17) is 0 Å². The van der Waals surface area contributed by atoms with Gasteiger partial charge in [-0.15, -0.1) is 0 Å². The zero-order valence-corrected chi connectivity index (χ0v) is 13.8. The molecule has 4 heteroatoms. The Morgan fingerprint density at radius 3 is 2.45 bits per heavy atom. The first-order chi connectivity index (χ1) is 10.5. The van der Waals surface area contributed by atoms with Crippen molar-refractivity contribution in [1.82, 2.24) is 9.88 Å². The molecule has 1 heterocycles. The summed E-state index contributed by atoms with van der Waals surface area (Å²) in [6.45, 7) is 9.41. The Kier molecular flexibility index (Phi) is 5.01. The van der Waals surface area contributed by atoms with Crippen molar-refractivity contribution in [2.24, 2.45) is 0 Å². The van der Waals surface area contributed by atoms with Gasteiger partial charge in [0.25, 0.3) is 5.56 Å². The van der Waals surface area contributed by atoms with Crippen LogP contribution in [0.25, 0.3) is 10.9 Å². The Bertz CT molecular complexity index is 743. The minimum atomic E-state index is -0.0927. The van der Waals surface area contributed by atoms with Gasteiger partial charge in [-0.1, -0.05) is 6.07 Å². The fraction of sp³-hybridized carbons (Fsp3) is 0.444. The quantitative estimate of drug-likeness (QED) is 0.923. The SMILES string of the molecule is CCN(CC)C(=O)CCc1cc2c(C)cc(C)cc2[nH]c1=O. The standard InChI is InChI=1S/C18H24N2O2/c1-5-20(6-2)17(21)8-7-14-11-15-13(4)9-12(3)10-16(15)19-18(14)22/h9-11H,5-8H2,1-4H3,(H,19,22). The molecule has 2 aromatic rings. The minimum absolute atomic E-state index is 0.0927. The molecule has 0 bridgehead atoms. The second-order valence-electron chi connectivity index (χ2n) is 5.73. The number of rotatable bonds is 5. The number of pyridine rings is 1. The second-order valence-corrected chi connectivity index (χ2v) is 5.73. The van der Waals surface area contributed by atoms with Crippen molar-refractivity contribution in [3.8, 4) is 0 Å². The topological polar surface area (TPSA) is 53.2 Å². The number of hydrogen-bond acceptors (Lipinski definition) is 2. The van der Waals surface area contributed by atoms with Crippen LogP contribution in [0.1, 0.15) is 37.0 Å². The van der Waals surface area contributed by atoms with Crippen molar-refractivity contribution in [3.05, 3.63) is 45.2 Å². The number of fused-ring (bicyclic) bond motifs is 1. The number of amides is 1. The second kappa shape index (κ2) is 6.77. The van der Waals surface area contributed by atoms with E-state index in [1.807, 2.05) is 39.8 Å². The number of aryl methyl sites for hydroxylation is 3. The van der Waals surface area contributed by atoms with Gasteiger partial charge < -0.3 is 9.88 Å². The molecule has 2 rings (SSSR count). The summed E-state index contributed by atoms with van der Waals surface area (Å²) in [4.78, 5) is 29.0. The molecule has 0 aliphatic carbocycles. The number of benzene rings is 1. The van der Waals surface area contributed by atoms with Gasteiger partial charge in [0.05, 0.1) is 0 Å². The van der Waals surface area contributed by atoms with Crippen LogP contribution in [0.2, 0.25) is 0 Å². The summed E-state index contributed by atoms with van der Waals surface area (Å²) in [5.74, 6) is 0.102. The fourth-order valence-electron chi connectivity index (χ4n) is 2.88. The van der Waals surface area contributed by atoms with Crippen LogP contribution >= 0.6 is 0 Å². The molecule has 0 aliphatic heterocycles. The normalized spacial score (nSPS) is 10.9. The highest BCUT2D eigenvalue weighted by molar-refractivity contribution is 5.83. The molecule has 0 saturated carbocycles. The van der Waals surface area contributed by atoms with Gasteiger partial charge in [-0.05, 0) is 57.4 Å². The Balaban J connectivity index is 2.27. The minimum Gasteiger partial charge on any atom is -0.343 e. The van der Waals surface area contributed by atoms with Crippen molar-refractivity contribution >= 4 is 16.8 Å². The van der Waals surface area contributed by atoms with E-state index in [-0.39, 0.29) is 11.5 Å². The highest BCUT2D eigenvalue weighted by atomic mass is 16.2. The molecule has 1 amide bonds. The summed E-state index contributed by atoms with van der Waals surface area (Å²) in [5.41, 5.74) is 3.72. The number of H-pyrrole nitrogens is 1. The van der Waals surface area contributed by atoms with Crippen LogP contribution in [0.5, 0.6) is 0 Å². The van der Waals surface area contributed by atoms with E-state index >= 15 is 0 Å². The van der Waals surface area contributed by atoms with E-state index in [9.17, 15) is 9.59 Å². The molecule has 0 spiro atoms. The average Bonchev–Trinajstić information content (AvgIpc) is 2.46. The number of hydrogen-bond donors (Lipinski definition) is 1. The Morgan fingerprint density at radius 2 is 1.82 bits per heavy atom. The van der Waals surface area contributed by atoms with E-state index in [2.05, 4.69) is 11.1 Å². The number of carbonyl (C=O) groups is 1. The van der Waals surface area contributed by atoms with Crippen molar-refractivity contribution in [2.45, 2.75) is 40.5 Å². The highest BCUT2D eigenvalue weighted by Crippen LogP contribution is 2.18. The monoisotopic (exact) mass is 300 g/mol. The molecular formula is C18H24N2O2. The molecule has 4 nitrogen and oxygen atoms in total. The van der Waals surface area contributed by atoms with Crippen LogP contribution in [0.15, 0.2) is 23.0 Å². The molecular weight excluding hydrogens is 276 g/mol. The number of nitrogens with one attached hydrogen (secondary N) is 1. The van der Waals surface area contributed by atoms with Crippen LogP contribution in [0, 0.1) is 13.8 Å². The van der Waals surface area contributed by atoms with Crippen LogP contribution in [-0.4, -0.2) is 28.9 Å². The van der Waals surface area contributed by atoms with Crippen molar-refractivity contribution in [1.29, 1.82) is 0 Å². The number of nitrogens with zero attached hydrogens (tertiary/aromatic N) is 1. The molecule has 0 unspecified atom stereocenters. The predicted molar refractivity (Wildman–Crippen MR) is 90.3 cm³/mol. The molecule has 22 heavy (non-hydrogen) atoms. The van der Waals surface area contributed by atoms with Gasteiger partial charge in [0, 0.05) is 36.0 Å². The number of aromatic nitrogens is 1. The Hall–Kier alpha value is -2.10. The van der Waals surface area contributed by atoms with Crippen molar-refractivity contribution in [2.75, 3.05) is 13.1 Å². The van der Waals surface area contributed by atoms with E-state index in [1.165, 1.54) is 0 Å². The fourth-order valence-corrected chi connectivity index (χ4v) is 2.88. The maximum atomic E-state index is 12.2. The van der Waals surface area contributed by atoms with Crippen LogP contribution in [-0.2, 0) is 11.2 Å². The summed E-state index contributed by atoms with van der Waals surface area (Å²) in [6.07, 6.45) is 0.856. The molecule has 1 aromatic carbocycles. The third-order valence-electron chi connectivity index (χ3n) is 4.11. The zero-order valence-electron chi connectivity index (χ0n) is 13.8. The third-order valence-corrected chi connectivity index (χ3v) is 4.11. The maximum absolute atomic E-state index is 12.2. The van der Waals surface area contributed by atoms with E-state index in [1.54, 1.807) is 4.90 Å². The van der Waals surface area contributed by atoms with Crippen LogP contribution < -0.4 is 5.56 Å². The van der Waals surface area contributed by atoms with Crippen molar-refractivity contribution in [3.63, 3.8) is 0 Å². The molecule has 0 fully saturated rings. The summed E-state index contributed by atoms with van der Waals surface area (Å²) >= 11 is 0. The molecule has 0 radical (unpaired) electrons. The van der Waals surface area contributed by atoms with E-state index in [0.717, 1.165) is 22.0 Å². The van der Waals surface area contributed by atoms with Crippen LogP contribution in [0.3, 0.4) is 0 Å². The van der Waals surface area contributed by atoms with E-state index in [0.29, 0.717) is 31.5 Å². The van der Waals surface area contributed by atoms with Gasteiger partial charge in [0.2, 0.25) is 5.91 Å². The van der Waals surface area contributed by atoms with Gasteiger partial charge >= 0.3 is 0 Å². The molecule has 118 valence electrons. The lowest BCUT2D eigenvalue weighted by Gasteiger charge is -2.18.